The molecule has 2 rings (SSSR count). The van der Waals surface area contributed by atoms with E-state index in [0.29, 0.717) is 6.42 Å². The topological polar surface area (TPSA) is 50.9 Å². The molecule has 6 heteroatoms. The molecule has 0 bridgehead atoms. The molecule has 0 aliphatic rings. The van der Waals surface area contributed by atoms with Crippen LogP contribution < -0.4 is 0 Å². The minimum absolute atomic E-state index is 0.500. The highest BCUT2D eigenvalue weighted by molar-refractivity contribution is 9.11. The van der Waals surface area contributed by atoms with Crippen molar-refractivity contribution in [1.82, 2.24) is 15.0 Å². The van der Waals surface area contributed by atoms with Crippen LogP contribution in [0.15, 0.2) is 16.0 Å². The van der Waals surface area contributed by atoms with Gasteiger partial charge in [0.1, 0.15) is 0 Å². The molecular formula is C10H12BrN3OS. The number of halogens is 1. The molecule has 86 valence electrons. The van der Waals surface area contributed by atoms with Crippen molar-refractivity contribution in [3.8, 4) is 0 Å². The van der Waals surface area contributed by atoms with Gasteiger partial charge in [-0.05, 0) is 34.5 Å². The summed E-state index contributed by atoms with van der Waals surface area (Å²) in [5.74, 6) is 0. The van der Waals surface area contributed by atoms with Gasteiger partial charge in [-0.15, -0.1) is 16.4 Å². The Kier molecular flexibility index (Phi) is 3.41. The minimum atomic E-state index is -0.508. The van der Waals surface area contributed by atoms with E-state index in [1.807, 2.05) is 26.2 Å². The first-order valence-electron chi connectivity index (χ1n) is 4.85. The van der Waals surface area contributed by atoms with E-state index in [-0.39, 0.29) is 0 Å². The van der Waals surface area contributed by atoms with Gasteiger partial charge in [-0.25, -0.2) is 0 Å². The summed E-state index contributed by atoms with van der Waals surface area (Å²) in [4.78, 5) is 0.954. The first-order chi connectivity index (χ1) is 7.56. The van der Waals surface area contributed by atoms with Gasteiger partial charge in [-0.1, -0.05) is 5.21 Å². The van der Waals surface area contributed by atoms with Crippen LogP contribution in [0.3, 0.4) is 0 Å². The molecule has 1 unspecified atom stereocenters. The highest BCUT2D eigenvalue weighted by Gasteiger charge is 2.14. The number of aliphatic hydroxyl groups excluding tert-OH is 1. The largest absolute Gasteiger partial charge is 0.387 e. The van der Waals surface area contributed by atoms with Crippen molar-refractivity contribution >= 4 is 27.3 Å². The molecule has 0 fully saturated rings. The predicted molar refractivity (Wildman–Crippen MR) is 66.4 cm³/mol. The third kappa shape index (κ3) is 2.50. The second kappa shape index (κ2) is 4.65. The zero-order valence-electron chi connectivity index (χ0n) is 9.01. The van der Waals surface area contributed by atoms with Crippen molar-refractivity contribution in [2.75, 3.05) is 0 Å². The fourth-order valence-electron chi connectivity index (χ4n) is 1.44. The predicted octanol–water partition coefficient (Wildman–Crippen LogP) is 2.22. The van der Waals surface area contributed by atoms with E-state index in [0.717, 1.165) is 19.9 Å². The summed E-state index contributed by atoms with van der Waals surface area (Å²) in [5.41, 5.74) is 1.95. The molecule has 16 heavy (non-hydrogen) atoms. The molecule has 0 spiro atoms. The van der Waals surface area contributed by atoms with Crippen molar-refractivity contribution in [2.45, 2.75) is 19.4 Å². The quantitative estimate of drug-likeness (QED) is 0.946. The first kappa shape index (κ1) is 11.8. The third-order valence-electron chi connectivity index (χ3n) is 2.26. The number of nitrogens with zero attached hydrogens (tertiary/aromatic N) is 3. The minimum Gasteiger partial charge on any atom is -0.387 e. The lowest BCUT2D eigenvalue weighted by molar-refractivity contribution is 0.181. The Bertz CT molecular complexity index is 474. The molecule has 0 aliphatic carbocycles. The molecule has 0 amide bonds. The summed E-state index contributed by atoms with van der Waals surface area (Å²) in [5, 5.41) is 17.8. The maximum atomic E-state index is 10.0. The van der Waals surface area contributed by atoms with Crippen molar-refractivity contribution in [3.63, 3.8) is 0 Å². The molecule has 2 aromatic rings. The Morgan fingerprint density at radius 1 is 1.62 bits per heavy atom. The summed E-state index contributed by atoms with van der Waals surface area (Å²) < 4.78 is 2.71. The summed E-state index contributed by atoms with van der Waals surface area (Å²) >= 11 is 5.01. The van der Waals surface area contributed by atoms with E-state index in [9.17, 15) is 5.11 Å². The molecule has 1 atom stereocenters. The van der Waals surface area contributed by atoms with Crippen LogP contribution in [-0.4, -0.2) is 20.1 Å². The smallest absolute Gasteiger partial charge is 0.0939 e. The van der Waals surface area contributed by atoms with Gasteiger partial charge in [-0.3, -0.25) is 4.68 Å². The zero-order valence-corrected chi connectivity index (χ0v) is 11.4. The van der Waals surface area contributed by atoms with Crippen molar-refractivity contribution in [1.29, 1.82) is 0 Å². The molecule has 1 N–H and O–H groups in total. The summed E-state index contributed by atoms with van der Waals surface area (Å²) in [6.07, 6.45) is 1.81. The lowest BCUT2D eigenvalue weighted by Crippen LogP contribution is -1.99. The van der Waals surface area contributed by atoms with Crippen molar-refractivity contribution < 1.29 is 5.11 Å². The van der Waals surface area contributed by atoms with Crippen LogP contribution in [0, 0.1) is 6.92 Å². The maximum Gasteiger partial charge on any atom is 0.0939 e. The van der Waals surface area contributed by atoms with Gasteiger partial charge in [0, 0.05) is 24.5 Å². The summed E-state index contributed by atoms with van der Waals surface area (Å²) in [6, 6.07) is 2.00. The SMILES string of the molecule is Cc1cc(C(O)Cc2cn(C)nn2)sc1Br. The van der Waals surface area contributed by atoms with Gasteiger partial charge in [0.05, 0.1) is 15.6 Å². The van der Waals surface area contributed by atoms with Gasteiger partial charge >= 0.3 is 0 Å². The summed E-state index contributed by atoms with van der Waals surface area (Å²) in [7, 11) is 1.81. The monoisotopic (exact) mass is 301 g/mol. The fraction of sp³-hybridized carbons (Fsp3) is 0.400. The van der Waals surface area contributed by atoms with E-state index < -0.39 is 6.10 Å². The van der Waals surface area contributed by atoms with Crippen LogP contribution in [0.2, 0.25) is 0 Å². The second-order valence-electron chi connectivity index (χ2n) is 3.71. The number of thiophene rings is 1. The Labute approximate surface area is 106 Å². The van der Waals surface area contributed by atoms with E-state index in [4.69, 9.17) is 0 Å². The molecule has 0 radical (unpaired) electrons. The highest BCUT2D eigenvalue weighted by Crippen LogP contribution is 2.32. The van der Waals surface area contributed by atoms with E-state index in [1.54, 1.807) is 16.0 Å². The molecule has 0 aromatic carbocycles. The molecule has 0 saturated carbocycles. The number of aryl methyl sites for hydroxylation is 2. The Balaban J connectivity index is 2.11. The normalized spacial score (nSPS) is 13.0. The maximum absolute atomic E-state index is 10.0. The van der Waals surface area contributed by atoms with Gasteiger partial charge in [-0.2, -0.15) is 0 Å². The summed E-state index contributed by atoms with van der Waals surface area (Å²) in [6.45, 7) is 2.01. The molecule has 4 nitrogen and oxygen atoms in total. The van der Waals surface area contributed by atoms with Crippen molar-refractivity contribution in [2.24, 2.45) is 7.05 Å². The third-order valence-corrected chi connectivity index (χ3v) is 4.50. The van der Waals surface area contributed by atoms with E-state index in [2.05, 4.69) is 26.2 Å². The molecule has 0 aliphatic heterocycles. The van der Waals surface area contributed by atoms with Crippen molar-refractivity contribution in [3.05, 3.63) is 32.2 Å². The highest BCUT2D eigenvalue weighted by atomic mass is 79.9. The Morgan fingerprint density at radius 3 is 2.88 bits per heavy atom. The van der Waals surface area contributed by atoms with Gasteiger partial charge in [0.15, 0.2) is 0 Å². The van der Waals surface area contributed by atoms with E-state index >= 15 is 0 Å². The zero-order chi connectivity index (χ0) is 11.7. The lowest BCUT2D eigenvalue weighted by atomic mass is 10.1. The number of rotatable bonds is 3. The van der Waals surface area contributed by atoms with Crippen LogP contribution in [0.25, 0.3) is 0 Å². The number of aromatic nitrogens is 3. The average molecular weight is 302 g/mol. The Morgan fingerprint density at radius 2 is 2.38 bits per heavy atom. The van der Waals surface area contributed by atoms with Crippen LogP contribution >= 0.6 is 27.3 Å². The average Bonchev–Trinajstić information content (AvgIpc) is 2.75. The second-order valence-corrected chi connectivity index (χ2v) is 6.11. The Hall–Kier alpha value is -0.720. The molecular weight excluding hydrogens is 290 g/mol. The van der Waals surface area contributed by atoms with Crippen LogP contribution in [-0.2, 0) is 13.5 Å². The van der Waals surface area contributed by atoms with Crippen LogP contribution in [0.5, 0.6) is 0 Å². The standard InChI is InChI=1S/C10H12BrN3OS/c1-6-3-9(16-10(6)11)8(15)4-7-5-14(2)13-12-7/h3,5,8,15H,4H2,1-2H3. The fourth-order valence-corrected chi connectivity index (χ4v) is 2.99. The number of aliphatic hydroxyl groups is 1. The lowest BCUT2D eigenvalue weighted by Gasteiger charge is -2.04. The number of hydrogen-bond donors (Lipinski definition) is 1. The van der Waals surface area contributed by atoms with Gasteiger partial charge in [0.2, 0.25) is 0 Å². The van der Waals surface area contributed by atoms with Gasteiger partial charge in [0.25, 0.3) is 0 Å². The molecule has 0 saturated heterocycles. The molecule has 2 heterocycles. The van der Waals surface area contributed by atoms with Crippen LogP contribution in [0.4, 0.5) is 0 Å². The number of hydrogen-bond acceptors (Lipinski definition) is 4. The first-order valence-corrected chi connectivity index (χ1v) is 6.46. The van der Waals surface area contributed by atoms with Gasteiger partial charge < -0.3 is 5.11 Å². The van der Waals surface area contributed by atoms with E-state index in [1.165, 1.54) is 0 Å². The van der Waals surface area contributed by atoms with Crippen LogP contribution in [0.1, 0.15) is 22.2 Å². The molecule has 2 aromatic heterocycles.